The van der Waals surface area contributed by atoms with E-state index < -0.39 is 0 Å². The van der Waals surface area contributed by atoms with Crippen LogP contribution in [0.2, 0.25) is 0 Å². The quantitative estimate of drug-likeness (QED) is 0.660. The maximum Gasteiger partial charge on any atom is 0.276 e. The number of carbonyl (C=O) groups excluding carboxylic acids is 1. The Morgan fingerprint density at radius 3 is 3.21 bits per heavy atom. The number of fused-ring (bicyclic) bond motifs is 1. The lowest BCUT2D eigenvalue weighted by Gasteiger charge is -2.33. The van der Waals surface area contributed by atoms with Gasteiger partial charge in [-0.2, -0.15) is 0 Å². The van der Waals surface area contributed by atoms with Gasteiger partial charge in [-0.3, -0.25) is 10.1 Å². The Morgan fingerprint density at radius 1 is 1.38 bits per heavy atom. The van der Waals surface area contributed by atoms with Crippen molar-refractivity contribution >= 4 is 38.8 Å². The lowest BCUT2D eigenvalue weighted by atomic mass is 10.1. The number of benzene rings is 1. The predicted octanol–water partition coefficient (Wildman–Crippen LogP) is 2.65. The van der Waals surface area contributed by atoms with Crippen LogP contribution in [0, 0.1) is 0 Å². The van der Waals surface area contributed by atoms with Crippen LogP contribution in [0.15, 0.2) is 23.6 Å². The van der Waals surface area contributed by atoms with Crippen molar-refractivity contribution in [1.82, 2.24) is 20.5 Å². The number of nitrogens with one attached hydrogen (secondary N) is 2. The molecule has 0 radical (unpaired) electrons. The lowest BCUT2D eigenvalue weighted by molar-refractivity contribution is 0.102. The smallest absolute Gasteiger partial charge is 0.276 e. The topological polar surface area (TPSA) is 92.3 Å². The molecule has 0 aliphatic carbocycles. The Balaban J connectivity index is 1.28. The highest BCUT2D eigenvalue weighted by atomic mass is 32.1. The molecule has 2 aliphatic rings. The summed E-state index contributed by atoms with van der Waals surface area (Å²) < 4.78 is 5.55. The number of thiazole rings is 1. The third-order valence-corrected chi connectivity index (χ3v) is 6.82. The van der Waals surface area contributed by atoms with Crippen LogP contribution in [0.1, 0.15) is 23.0 Å². The third kappa shape index (κ3) is 3.70. The normalized spacial score (nSPS) is 18.4. The van der Waals surface area contributed by atoms with Gasteiger partial charge >= 0.3 is 0 Å². The minimum Gasteiger partial charge on any atom is -0.493 e. The molecule has 150 valence electrons. The van der Waals surface area contributed by atoms with Crippen molar-refractivity contribution in [2.75, 3.05) is 36.5 Å². The number of amides is 1. The van der Waals surface area contributed by atoms with E-state index in [-0.39, 0.29) is 5.91 Å². The number of hydrogen-bond donors (Lipinski definition) is 2. The molecule has 0 bridgehead atoms. The number of anilines is 2. The first-order valence-corrected chi connectivity index (χ1v) is 11.2. The van der Waals surface area contributed by atoms with Crippen molar-refractivity contribution in [3.05, 3.63) is 34.8 Å². The molecule has 4 heterocycles. The zero-order valence-electron chi connectivity index (χ0n) is 15.8. The molecule has 1 atom stereocenters. The standard InChI is InChI=1S/C19H20N6O2S2/c1-11-9-20-5-6-25(11)19-24-23-18(29-19)22-16(26)14-10-28-17(21-14)13-2-3-15-12(8-13)4-7-27-15/h2-3,8,10-11,20H,4-7,9H2,1H3,(H,22,23,26). The van der Waals surface area contributed by atoms with Crippen molar-refractivity contribution < 1.29 is 9.53 Å². The number of hydrogen-bond acceptors (Lipinski definition) is 9. The van der Waals surface area contributed by atoms with Crippen LogP contribution in [0.25, 0.3) is 10.6 Å². The highest BCUT2D eigenvalue weighted by Gasteiger charge is 2.23. The first kappa shape index (κ1) is 18.5. The average Bonchev–Trinajstić information content (AvgIpc) is 3.48. The molecule has 29 heavy (non-hydrogen) atoms. The van der Waals surface area contributed by atoms with E-state index in [1.807, 2.05) is 12.1 Å². The number of ether oxygens (including phenoxy) is 1. The van der Waals surface area contributed by atoms with Gasteiger partial charge in [0.1, 0.15) is 16.5 Å². The second-order valence-corrected chi connectivity index (χ2v) is 8.86. The van der Waals surface area contributed by atoms with Crippen molar-refractivity contribution in [2.45, 2.75) is 19.4 Å². The van der Waals surface area contributed by atoms with Gasteiger partial charge in [0.2, 0.25) is 10.3 Å². The Bertz CT molecular complexity index is 1050. The molecule has 2 aromatic heterocycles. The fraction of sp³-hybridized carbons (Fsp3) is 0.368. The molecule has 8 nitrogen and oxygen atoms in total. The Hall–Kier alpha value is -2.56. The molecule has 1 amide bonds. The molecule has 0 spiro atoms. The van der Waals surface area contributed by atoms with Crippen LogP contribution in [0.5, 0.6) is 5.75 Å². The molecule has 1 aromatic carbocycles. The zero-order valence-corrected chi connectivity index (χ0v) is 17.5. The molecule has 1 fully saturated rings. The first-order chi connectivity index (χ1) is 14.2. The maximum absolute atomic E-state index is 12.6. The van der Waals surface area contributed by atoms with E-state index in [9.17, 15) is 4.79 Å². The molecular formula is C19H20N6O2S2. The minimum atomic E-state index is -0.270. The van der Waals surface area contributed by atoms with E-state index in [4.69, 9.17) is 4.74 Å². The van der Waals surface area contributed by atoms with Crippen LogP contribution >= 0.6 is 22.7 Å². The summed E-state index contributed by atoms with van der Waals surface area (Å²) in [6.45, 7) is 5.58. The summed E-state index contributed by atoms with van der Waals surface area (Å²) in [6.07, 6.45) is 0.910. The van der Waals surface area contributed by atoms with Crippen LogP contribution in [-0.2, 0) is 6.42 Å². The summed E-state index contributed by atoms with van der Waals surface area (Å²) >= 11 is 2.84. The van der Waals surface area contributed by atoms with Crippen molar-refractivity contribution in [1.29, 1.82) is 0 Å². The van der Waals surface area contributed by atoms with E-state index in [0.717, 1.165) is 54.1 Å². The highest BCUT2D eigenvalue weighted by molar-refractivity contribution is 7.19. The molecule has 1 unspecified atom stereocenters. The van der Waals surface area contributed by atoms with Crippen molar-refractivity contribution in [2.24, 2.45) is 0 Å². The number of rotatable bonds is 4. The summed E-state index contributed by atoms with van der Waals surface area (Å²) in [5, 5.41) is 18.5. The number of carbonyl (C=O) groups is 1. The summed E-state index contributed by atoms with van der Waals surface area (Å²) in [6, 6.07) is 6.39. The Morgan fingerprint density at radius 2 is 2.31 bits per heavy atom. The summed E-state index contributed by atoms with van der Waals surface area (Å²) in [5.41, 5.74) is 2.57. The third-order valence-electron chi connectivity index (χ3n) is 5.06. The molecule has 2 N–H and O–H groups in total. The average molecular weight is 429 g/mol. The molecule has 1 saturated heterocycles. The largest absolute Gasteiger partial charge is 0.493 e. The maximum atomic E-state index is 12.6. The summed E-state index contributed by atoms with van der Waals surface area (Å²) in [7, 11) is 0. The SMILES string of the molecule is CC1CNCCN1c1nnc(NC(=O)c2csc(-c3ccc4c(c3)CCO4)n2)s1. The van der Waals surface area contributed by atoms with E-state index in [2.05, 4.69) is 43.7 Å². The number of nitrogens with zero attached hydrogens (tertiary/aromatic N) is 4. The monoisotopic (exact) mass is 428 g/mol. The van der Waals surface area contributed by atoms with Gasteiger partial charge in [-0.1, -0.05) is 11.3 Å². The fourth-order valence-corrected chi connectivity index (χ4v) is 5.16. The number of aromatic nitrogens is 3. The molecule has 5 rings (SSSR count). The van der Waals surface area contributed by atoms with Gasteiger partial charge in [-0.25, -0.2) is 4.98 Å². The predicted molar refractivity (Wildman–Crippen MR) is 114 cm³/mol. The van der Waals surface area contributed by atoms with Gasteiger partial charge in [0.25, 0.3) is 5.91 Å². The second-order valence-electron chi connectivity index (χ2n) is 7.05. The van der Waals surface area contributed by atoms with E-state index in [0.29, 0.717) is 16.9 Å². The minimum absolute atomic E-state index is 0.270. The molecule has 10 heteroatoms. The molecule has 3 aromatic rings. The fourth-order valence-electron chi connectivity index (χ4n) is 3.50. The molecular weight excluding hydrogens is 408 g/mol. The van der Waals surface area contributed by atoms with Gasteiger partial charge in [0.05, 0.1) is 6.61 Å². The van der Waals surface area contributed by atoms with Crippen LogP contribution in [0.3, 0.4) is 0 Å². The molecule has 0 saturated carbocycles. The van der Waals surface area contributed by atoms with Gasteiger partial charge in [0.15, 0.2) is 0 Å². The second kappa shape index (κ2) is 7.69. The van der Waals surface area contributed by atoms with Crippen molar-refractivity contribution in [3.8, 4) is 16.3 Å². The highest BCUT2D eigenvalue weighted by Crippen LogP contribution is 2.32. The lowest BCUT2D eigenvalue weighted by Crippen LogP contribution is -2.49. The van der Waals surface area contributed by atoms with Gasteiger partial charge < -0.3 is 15.0 Å². The van der Waals surface area contributed by atoms with Gasteiger partial charge in [-0.05, 0) is 30.7 Å². The van der Waals surface area contributed by atoms with Crippen LogP contribution in [0.4, 0.5) is 10.3 Å². The Labute approximate surface area is 175 Å². The van der Waals surface area contributed by atoms with E-state index in [1.165, 1.54) is 28.2 Å². The van der Waals surface area contributed by atoms with Crippen molar-refractivity contribution in [3.63, 3.8) is 0 Å². The number of piperazine rings is 1. The first-order valence-electron chi connectivity index (χ1n) is 9.51. The van der Waals surface area contributed by atoms with E-state index >= 15 is 0 Å². The summed E-state index contributed by atoms with van der Waals surface area (Å²) in [5.74, 6) is 0.669. The van der Waals surface area contributed by atoms with Gasteiger partial charge in [-0.15, -0.1) is 21.5 Å². The zero-order chi connectivity index (χ0) is 19.8. The van der Waals surface area contributed by atoms with Gasteiger partial charge in [0, 0.05) is 43.0 Å². The molecule has 2 aliphatic heterocycles. The van der Waals surface area contributed by atoms with E-state index in [1.54, 1.807) is 5.38 Å². The van der Waals surface area contributed by atoms with Crippen LogP contribution < -0.4 is 20.3 Å². The Kier molecular flexibility index (Phi) is 4.90. The van der Waals surface area contributed by atoms with Crippen LogP contribution in [-0.4, -0.2) is 53.4 Å². The summed E-state index contributed by atoms with van der Waals surface area (Å²) in [4.78, 5) is 19.3.